The molecular formula is C12H24N2O. The molecule has 0 bridgehead atoms. The Morgan fingerprint density at radius 3 is 2.33 bits per heavy atom. The smallest absolute Gasteiger partial charge is 0.319 e. The molecule has 0 aromatic rings. The summed E-state index contributed by atoms with van der Waals surface area (Å²) in [5.41, 5.74) is 0.393. The number of hydrogen-bond acceptors (Lipinski definition) is 1. The summed E-state index contributed by atoms with van der Waals surface area (Å²) >= 11 is 0. The number of carbonyl (C=O) groups excluding carboxylic acids is 1. The second-order valence-corrected chi connectivity index (χ2v) is 4.68. The van der Waals surface area contributed by atoms with Crippen LogP contribution in [0.15, 0.2) is 0 Å². The quantitative estimate of drug-likeness (QED) is 0.705. The fourth-order valence-electron chi connectivity index (χ4n) is 2.30. The zero-order valence-corrected chi connectivity index (χ0v) is 10.5. The molecule has 0 aromatic carbocycles. The summed E-state index contributed by atoms with van der Waals surface area (Å²) in [6.45, 7) is 9.16. The normalized spacial score (nSPS) is 19.3. The van der Waals surface area contributed by atoms with E-state index in [2.05, 4.69) is 13.8 Å². The van der Waals surface area contributed by atoms with Crippen molar-refractivity contribution in [1.82, 2.24) is 9.80 Å². The number of rotatable bonds is 3. The summed E-state index contributed by atoms with van der Waals surface area (Å²) in [4.78, 5) is 15.8. The molecule has 0 saturated carbocycles. The zero-order valence-electron chi connectivity index (χ0n) is 10.5. The van der Waals surface area contributed by atoms with Crippen molar-refractivity contribution in [2.24, 2.45) is 5.41 Å². The van der Waals surface area contributed by atoms with Crippen LogP contribution in [0.5, 0.6) is 0 Å². The van der Waals surface area contributed by atoms with Gasteiger partial charge in [0.05, 0.1) is 0 Å². The highest BCUT2D eigenvalue weighted by Gasteiger charge is 2.37. The molecular weight excluding hydrogens is 188 g/mol. The van der Waals surface area contributed by atoms with Gasteiger partial charge >= 0.3 is 6.03 Å². The molecule has 2 amide bonds. The van der Waals surface area contributed by atoms with Crippen LogP contribution in [-0.4, -0.2) is 42.5 Å². The minimum atomic E-state index is 0.196. The van der Waals surface area contributed by atoms with Gasteiger partial charge in [0.1, 0.15) is 0 Å². The molecule has 88 valence electrons. The molecule has 0 unspecified atom stereocenters. The maximum atomic E-state index is 11.9. The molecule has 1 fully saturated rings. The average Bonchev–Trinajstić information content (AvgIpc) is 2.72. The number of likely N-dealkylation sites (tertiary alicyclic amines) is 1. The van der Waals surface area contributed by atoms with E-state index in [1.165, 1.54) is 19.3 Å². The molecule has 1 saturated heterocycles. The Hall–Kier alpha value is -0.730. The van der Waals surface area contributed by atoms with Crippen LogP contribution in [0.2, 0.25) is 0 Å². The lowest BCUT2D eigenvalue weighted by molar-refractivity contribution is 0.166. The van der Waals surface area contributed by atoms with Crippen LogP contribution in [0.4, 0.5) is 4.79 Å². The van der Waals surface area contributed by atoms with E-state index in [4.69, 9.17) is 0 Å². The lowest BCUT2D eigenvalue weighted by atomic mass is 9.82. The lowest BCUT2D eigenvalue weighted by Gasteiger charge is -2.28. The second kappa shape index (κ2) is 4.86. The van der Waals surface area contributed by atoms with Crippen molar-refractivity contribution in [1.29, 1.82) is 0 Å². The van der Waals surface area contributed by atoms with Crippen molar-refractivity contribution in [3.8, 4) is 0 Å². The maximum Gasteiger partial charge on any atom is 0.319 e. The molecule has 15 heavy (non-hydrogen) atoms. The Morgan fingerprint density at radius 1 is 1.33 bits per heavy atom. The van der Waals surface area contributed by atoms with Gasteiger partial charge in [0.15, 0.2) is 0 Å². The monoisotopic (exact) mass is 212 g/mol. The number of hydrogen-bond donors (Lipinski definition) is 0. The molecule has 1 aliphatic rings. The van der Waals surface area contributed by atoms with Crippen LogP contribution >= 0.6 is 0 Å². The van der Waals surface area contributed by atoms with Gasteiger partial charge in [0, 0.05) is 26.7 Å². The minimum absolute atomic E-state index is 0.196. The topological polar surface area (TPSA) is 23.6 Å². The number of carbonyl (C=O) groups is 1. The van der Waals surface area contributed by atoms with Crippen molar-refractivity contribution < 1.29 is 4.79 Å². The summed E-state index contributed by atoms with van der Waals surface area (Å²) in [6.07, 6.45) is 3.54. The maximum absolute atomic E-state index is 11.9. The van der Waals surface area contributed by atoms with Gasteiger partial charge in [0.2, 0.25) is 0 Å². The van der Waals surface area contributed by atoms with E-state index < -0.39 is 0 Å². The van der Waals surface area contributed by atoms with Crippen LogP contribution < -0.4 is 0 Å². The highest BCUT2D eigenvalue weighted by molar-refractivity contribution is 5.74. The van der Waals surface area contributed by atoms with Gasteiger partial charge in [-0.1, -0.05) is 13.8 Å². The molecule has 0 aromatic heterocycles. The number of amides is 2. The van der Waals surface area contributed by atoms with Crippen LogP contribution in [0.1, 0.15) is 40.0 Å². The fourth-order valence-corrected chi connectivity index (χ4v) is 2.30. The Labute approximate surface area is 93.4 Å². The van der Waals surface area contributed by atoms with Crippen LogP contribution in [0, 0.1) is 5.41 Å². The number of urea groups is 1. The summed E-state index contributed by atoms with van der Waals surface area (Å²) in [5, 5.41) is 0. The van der Waals surface area contributed by atoms with E-state index >= 15 is 0 Å². The molecule has 0 radical (unpaired) electrons. The summed E-state index contributed by atoms with van der Waals surface area (Å²) in [5.74, 6) is 0. The molecule has 0 aliphatic carbocycles. The molecule has 1 heterocycles. The van der Waals surface area contributed by atoms with Crippen molar-refractivity contribution in [3.63, 3.8) is 0 Å². The van der Waals surface area contributed by atoms with E-state index in [-0.39, 0.29) is 6.03 Å². The lowest BCUT2D eigenvalue weighted by Crippen LogP contribution is -2.40. The van der Waals surface area contributed by atoms with Gasteiger partial charge in [-0.25, -0.2) is 4.79 Å². The third-order valence-corrected chi connectivity index (χ3v) is 4.01. The van der Waals surface area contributed by atoms with Gasteiger partial charge in [-0.05, 0) is 31.6 Å². The minimum Gasteiger partial charge on any atom is -0.328 e. The Bertz CT molecular complexity index is 224. The third kappa shape index (κ3) is 2.44. The first-order valence-corrected chi connectivity index (χ1v) is 6.08. The zero-order chi connectivity index (χ0) is 11.5. The molecule has 0 atom stereocenters. The van der Waals surface area contributed by atoms with Gasteiger partial charge < -0.3 is 9.80 Å². The molecule has 1 rings (SSSR count). The highest BCUT2D eigenvalue weighted by atomic mass is 16.2. The van der Waals surface area contributed by atoms with Crippen molar-refractivity contribution in [2.75, 3.05) is 26.7 Å². The van der Waals surface area contributed by atoms with Crippen molar-refractivity contribution in [3.05, 3.63) is 0 Å². The standard InChI is InChI=1S/C12H24N2O/c1-5-12(6-2)8-9-14(10-12)11(15)13(4)7-3/h5-10H2,1-4H3. The second-order valence-electron chi connectivity index (χ2n) is 4.68. The molecule has 3 heteroatoms. The molecule has 1 aliphatic heterocycles. The molecule has 0 N–H and O–H groups in total. The van der Waals surface area contributed by atoms with Crippen LogP contribution in [0.25, 0.3) is 0 Å². The van der Waals surface area contributed by atoms with Crippen LogP contribution in [-0.2, 0) is 0 Å². The first-order chi connectivity index (χ1) is 7.08. The summed E-state index contributed by atoms with van der Waals surface area (Å²) in [7, 11) is 1.88. The van der Waals surface area contributed by atoms with Gasteiger partial charge in [0.25, 0.3) is 0 Å². The van der Waals surface area contributed by atoms with Crippen molar-refractivity contribution in [2.45, 2.75) is 40.0 Å². The van der Waals surface area contributed by atoms with Crippen molar-refractivity contribution >= 4 is 6.03 Å². The first-order valence-electron chi connectivity index (χ1n) is 6.08. The van der Waals surface area contributed by atoms with Crippen LogP contribution in [0.3, 0.4) is 0 Å². The SMILES string of the molecule is CCN(C)C(=O)N1CCC(CC)(CC)C1. The molecule has 3 nitrogen and oxygen atoms in total. The first kappa shape index (κ1) is 12.3. The van der Waals surface area contributed by atoms with Gasteiger partial charge in [-0.2, -0.15) is 0 Å². The summed E-state index contributed by atoms with van der Waals surface area (Å²) < 4.78 is 0. The van der Waals surface area contributed by atoms with E-state index in [0.29, 0.717) is 5.41 Å². The third-order valence-electron chi connectivity index (χ3n) is 4.01. The number of nitrogens with zero attached hydrogens (tertiary/aromatic N) is 2. The van der Waals surface area contributed by atoms with E-state index in [0.717, 1.165) is 19.6 Å². The fraction of sp³-hybridized carbons (Fsp3) is 0.917. The predicted octanol–water partition coefficient (Wildman–Crippen LogP) is 2.57. The van der Waals surface area contributed by atoms with E-state index in [1.54, 1.807) is 4.90 Å². The van der Waals surface area contributed by atoms with Gasteiger partial charge in [-0.3, -0.25) is 0 Å². The Kier molecular flexibility index (Phi) is 4.00. The summed E-state index contributed by atoms with van der Waals surface area (Å²) in [6, 6.07) is 0.196. The Morgan fingerprint density at radius 2 is 1.93 bits per heavy atom. The van der Waals surface area contributed by atoms with Gasteiger partial charge in [-0.15, -0.1) is 0 Å². The largest absolute Gasteiger partial charge is 0.328 e. The van der Waals surface area contributed by atoms with E-state index in [1.807, 2.05) is 18.9 Å². The predicted molar refractivity (Wildman–Crippen MR) is 62.9 cm³/mol. The van der Waals surface area contributed by atoms with E-state index in [9.17, 15) is 4.79 Å². The average molecular weight is 212 g/mol. The molecule has 0 spiro atoms. The highest BCUT2D eigenvalue weighted by Crippen LogP contribution is 2.37. The Balaban J connectivity index is 2.59.